The Labute approximate surface area is 125 Å². The van der Waals surface area contributed by atoms with Crippen LogP contribution in [-0.4, -0.2) is 41.3 Å². The summed E-state index contributed by atoms with van der Waals surface area (Å²) in [6.45, 7) is -0.738. The number of hydrogen-bond donors (Lipinski definition) is 3. The third kappa shape index (κ3) is 5.24. The van der Waals surface area contributed by atoms with Gasteiger partial charge in [0.1, 0.15) is 11.8 Å². The summed E-state index contributed by atoms with van der Waals surface area (Å²) < 4.78 is 5.15. The van der Waals surface area contributed by atoms with Gasteiger partial charge < -0.3 is 20.3 Å². The molecule has 0 aromatic heterocycles. The number of carboxylic acid groups (broad SMARTS) is 1. The number of aliphatic hydroxyl groups excluding tert-OH is 1. The van der Waals surface area contributed by atoms with Gasteiger partial charge in [-0.05, 0) is 18.2 Å². The fraction of sp³-hybridized carbons (Fsp3) is 0.333. The summed E-state index contributed by atoms with van der Waals surface area (Å²) in [7, 11) is 0. The zero-order chi connectivity index (χ0) is 15.1. The van der Waals surface area contributed by atoms with Gasteiger partial charge >= 0.3 is 5.97 Å². The molecule has 1 aromatic carbocycles. The second-order valence-electron chi connectivity index (χ2n) is 3.83. The molecular formula is C12H13Cl2NO5. The first-order valence-electron chi connectivity index (χ1n) is 5.65. The second kappa shape index (κ2) is 7.94. The van der Waals surface area contributed by atoms with Gasteiger partial charge in [-0.1, -0.05) is 23.2 Å². The van der Waals surface area contributed by atoms with E-state index < -0.39 is 24.5 Å². The predicted molar refractivity (Wildman–Crippen MR) is 73.2 cm³/mol. The van der Waals surface area contributed by atoms with E-state index in [9.17, 15) is 9.59 Å². The molecule has 1 aromatic rings. The topological polar surface area (TPSA) is 95.9 Å². The Morgan fingerprint density at radius 2 is 2.05 bits per heavy atom. The normalized spacial score (nSPS) is 11.8. The van der Waals surface area contributed by atoms with Gasteiger partial charge in [0, 0.05) is 18.1 Å². The largest absolute Gasteiger partial charge is 0.482 e. The molecule has 1 amide bonds. The highest BCUT2D eigenvalue weighted by Crippen LogP contribution is 2.27. The Morgan fingerprint density at radius 3 is 2.60 bits per heavy atom. The molecule has 0 saturated heterocycles. The van der Waals surface area contributed by atoms with E-state index >= 15 is 0 Å². The predicted octanol–water partition coefficient (Wildman–Crippen LogP) is 1.32. The lowest BCUT2D eigenvalue weighted by molar-refractivity contribution is -0.142. The first-order valence-corrected chi connectivity index (χ1v) is 6.40. The van der Waals surface area contributed by atoms with Crippen molar-refractivity contribution in [2.75, 3.05) is 13.2 Å². The summed E-state index contributed by atoms with van der Waals surface area (Å²) in [6, 6.07) is 3.35. The Kier molecular flexibility index (Phi) is 6.57. The molecule has 1 rings (SSSR count). The molecule has 0 unspecified atom stereocenters. The summed E-state index contributed by atoms with van der Waals surface area (Å²) in [5.74, 6) is -1.59. The van der Waals surface area contributed by atoms with Crippen molar-refractivity contribution < 1.29 is 24.5 Å². The van der Waals surface area contributed by atoms with E-state index in [0.29, 0.717) is 5.02 Å². The average Bonchev–Trinajstić information content (AvgIpc) is 2.37. The fourth-order valence-electron chi connectivity index (χ4n) is 1.36. The molecule has 0 saturated carbocycles. The molecule has 0 aliphatic rings. The maximum atomic E-state index is 11.5. The first kappa shape index (κ1) is 16.6. The number of hydrogen-bond acceptors (Lipinski definition) is 4. The summed E-state index contributed by atoms with van der Waals surface area (Å²) in [5, 5.41) is 20.4. The molecular weight excluding hydrogens is 309 g/mol. The Balaban J connectivity index is 2.52. The van der Waals surface area contributed by atoms with Gasteiger partial charge in [-0.2, -0.15) is 0 Å². The minimum absolute atomic E-state index is 0.0806. The van der Waals surface area contributed by atoms with Gasteiger partial charge in [0.05, 0.1) is 5.02 Å². The van der Waals surface area contributed by atoms with Crippen LogP contribution in [-0.2, 0) is 9.59 Å². The van der Waals surface area contributed by atoms with E-state index in [4.69, 9.17) is 38.2 Å². The molecule has 3 N–H and O–H groups in total. The van der Waals surface area contributed by atoms with Crippen LogP contribution in [0.3, 0.4) is 0 Å². The van der Waals surface area contributed by atoms with Crippen LogP contribution >= 0.6 is 23.2 Å². The number of rotatable bonds is 7. The van der Waals surface area contributed by atoms with Gasteiger partial charge in [-0.25, -0.2) is 4.79 Å². The Morgan fingerprint density at radius 1 is 1.35 bits per heavy atom. The minimum Gasteiger partial charge on any atom is -0.482 e. The summed E-state index contributed by atoms with van der Waals surface area (Å²) in [6.07, 6.45) is -0.0806. The van der Waals surface area contributed by atoms with E-state index in [1.807, 2.05) is 0 Å². The number of carboxylic acids is 1. The Hall–Kier alpha value is -1.50. The molecule has 0 fully saturated rings. The van der Waals surface area contributed by atoms with Crippen molar-refractivity contribution in [2.45, 2.75) is 12.5 Å². The number of carbonyl (C=O) groups is 2. The van der Waals surface area contributed by atoms with Crippen LogP contribution in [0.2, 0.25) is 10.0 Å². The molecule has 0 bridgehead atoms. The maximum absolute atomic E-state index is 11.5. The van der Waals surface area contributed by atoms with Crippen molar-refractivity contribution in [3.63, 3.8) is 0 Å². The van der Waals surface area contributed by atoms with Crippen LogP contribution in [0.1, 0.15) is 6.42 Å². The number of aliphatic hydroxyl groups is 1. The van der Waals surface area contributed by atoms with E-state index in [-0.39, 0.29) is 23.8 Å². The third-order valence-corrected chi connectivity index (χ3v) is 2.83. The monoisotopic (exact) mass is 321 g/mol. The first-order chi connectivity index (χ1) is 9.43. The number of carbonyl (C=O) groups excluding carboxylic acids is 1. The fourth-order valence-corrected chi connectivity index (χ4v) is 1.82. The molecule has 1 atom stereocenters. The van der Waals surface area contributed by atoms with Gasteiger partial charge in [0.2, 0.25) is 0 Å². The third-order valence-electron chi connectivity index (χ3n) is 2.30. The zero-order valence-electron chi connectivity index (χ0n) is 10.3. The highest BCUT2D eigenvalue weighted by Gasteiger charge is 2.19. The number of ether oxygens (including phenoxy) is 1. The highest BCUT2D eigenvalue weighted by atomic mass is 35.5. The molecule has 8 heteroatoms. The number of benzene rings is 1. The van der Waals surface area contributed by atoms with E-state index in [1.165, 1.54) is 12.1 Å². The number of halogens is 2. The number of nitrogens with one attached hydrogen (secondary N) is 1. The van der Waals surface area contributed by atoms with Crippen molar-refractivity contribution in [1.82, 2.24) is 5.32 Å². The molecule has 110 valence electrons. The van der Waals surface area contributed by atoms with Crippen LogP contribution < -0.4 is 10.1 Å². The lowest BCUT2D eigenvalue weighted by Crippen LogP contribution is -2.43. The highest BCUT2D eigenvalue weighted by molar-refractivity contribution is 6.35. The van der Waals surface area contributed by atoms with Gasteiger partial charge in [-0.15, -0.1) is 0 Å². The van der Waals surface area contributed by atoms with Crippen molar-refractivity contribution in [1.29, 1.82) is 0 Å². The molecule has 0 aliphatic heterocycles. The lowest BCUT2D eigenvalue weighted by Gasteiger charge is -2.14. The Bertz CT molecular complexity index is 495. The van der Waals surface area contributed by atoms with Gasteiger partial charge in [0.25, 0.3) is 5.91 Å². The minimum atomic E-state index is -1.23. The van der Waals surface area contributed by atoms with Crippen molar-refractivity contribution in [3.8, 4) is 5.75 Å². The molecule has 0 spiro atoms. The number of aliphatic carboxylic acids is 1. The summed E-state index contributed by atoms with van der Waals surface area (Å²) in [5.41, 5.74) is 0. The quantitative estimate of drug-likeness (QED) is 0.704. The van der Waals surface area contributed by atoms with Crippen molar-refractivity contribution in [3.05, 3.63) is 28.2 Å². The van der Waals surface area contributed by atoms with Crippen LogP contribution in [0, 0.1) is 0 Å². The molecule has 0 aliphatic carbocycles. The second-order valence-corrected chi connectivity index (χ2v) is 4.68. The molecule has 20 heavy (non-hydrogen) atoms. The molecule has 0 radical (unpaired) electrons. The summed E-state index contributed by atoms with van der Waals surface area (Å²) >= 11 is 11.6. The van der Waals surface area contributed by atoms with Gasteiger partial charge in [-0.3, -0.25) is 4.79 Å². The number of amides is 1. The molecule has 6 nitrogen and oxygen atoms in total. The van der Waals surface area contributed by atoms with Crippen molar-refractivity contribution >= 4 is 35.1 Å². The smallest absolute Gasteiger partial charge is 0.326 e. The maximum Gasteiger partial charge on any atom is 0.326 e. The summed E-state index contributed by atoms with van der Waals surface area (Å²) in [4.78, 5) is 22.3. The lowest BCUT2D eigenvalue weighted by atomic mass is 10.2. The van der Waals surface area contributed by atoms with Gasteiger partial charge in [0.15, 0.2) is 6.61 Å². The van der Waals surface area contributed by atoms with Crippen LogP contribution in [0.4, 0.5) is 0 Å². The van der Waals surface area contributed by atoms with E-state index in [1.54, 1.807) is 6.07 Å². The van der Waals surface area contributed by atoms with Crippen LogP contribution in [0.5, 0.6) is 5.75 Å². The van der Waals surface area contributed by atoms with E-state index in [2.05, 4.69) is 5.32 Å². The van der Waals surface area contributed by atoms with Crippen molar-refractivity contribution in [2.24, 2.45) is 0 Å². The van der Waals surface area contributed by atoms with E-state index in [0.717, 1.165) is 0 Å². The standard InChI is InChI=1S/C12H13Cl2NO5/c13-7-1-2-10(8(14)5-7)20-6-11(17)15-9(3-4-16)12(18)19/h1-2,5,9,16H,3-4,6H2,(H,15,17)(H,18,19)/t9-/m1/s1. The van der Waals surface area contributed by atoms with Crippen LogP contribution in [0.25, 0.3) is 0 Å². The average molecular weight is 322 g/mol. The SMILES string of the molecule is O=C(COc1ccc(Cl)cc1Cl)N[C@H](CCO)C(=O)O. The zero-order valence-corrected chi connectivity index (χ0v) is 11.8. The molecule has 0 heterocycles. The van der Waals surface area contributed by atoms with Crippen LogP contribution in [0.15, 0.2) is 18.2 Å².